The Labute approximate surface area is 116 Å². The number of benzene rings is 1. The van der Waals surface area contributed by atoms with Gasteiger partial charge in [-0.1, -0.05) is 29.8 Å². The molecule has 0 aliphatic rings. The lowest BCUT2D eigenvalue weighted by Gasteiger charge is -2.00. The van der Waals surface area contributed by atoms with Crippen molar-refractivity contribution in [1.82, 2.24) is 14.3 Å². The van der Waals surface area contributed by atoms with E-state index in [1.54, 1.807) is 14.0 Å². The van der Waals surface area contributed by atoms with Gasteiger partial charge in [-0.3, -0.25) is 9.36 Å². The molecule has 0 fully saturated rings. The highest BCUT2D eigenvalue weighted by Gasteiger charge is 2.14. The van der Waals surface area contributed by atoms with Crippen molar-refractivity contribution in [2.75, 3.05) is 6.61 Å². The van der Waals surface area contributed by atoms with Crippen LogP contribution in [0.1, 0.15) is 12.5 Å². The van der Waals surface area contributed by atoms with Gasteiger partial charge in [-0.15, -0.1) is 5.10 Å². The maximum absolute atomic E-state index is 12.0. The zero-order chi connectivity index (χ0) is 14.7. The van der Waals surface area contributed by atoms with Crippen LogP contribution in [0.25, 0.3) is 11.4 Å². The van der Waals surface area contributed by atoms with Crippen LogP contribution in [-0.4, -0.2) is 26.9 Å². The second kappa shape index (κ2) is 5.73. The predicted molar refractivity (Wildman–Crippen MR) is 74.3 cm³/mol. The highest BCUT2D eigenvalue weighted by molar-refractivity contribution is 5.69. The first kappa shape index (κ1) is 14.0. The molecule has 0 atom stereocenters. The molecule has 1 aromatic carbocycles. The molecule has 0 aliphatic carbocycles. The SMILES string of the molecule is CCOC(=O)Cn1nc(-c2ccc(C)cc2)n(C)c1=O. The molecule has 0 saturated heterocycles. The number of ether oxygens (including phenoxy) is 1. The van der Waals surface area contributed by atoms with Crippen molar-refractivity contribution in [2.45, 2.75) is 20.4 Å². The third-order valence-corrected chi connectivity index (χ3v) is 2.93. The quantitative estimate of drug-likeness (QED) is 0.784. The van der Waals surface area contributed by atoms with Gasteiger partial charge in [0.15, 0.2) is 5.82 Å². The monoisotopic (exact) mass is 275 g/mol. The van der Waals surface area contributed by atoms with Crippen molar-refractivity contribution in [3.8, 4) is 11.4 Å². The topological polar surface area (TPSA) is 66.1 Å². The smallest absolute Gasteiger partial charge is 0.346 e. The Balaban J connectivity index is 2.35. The number of aromatic nitrogens is 3. The van der Waals surface area contributed by atoms with Gasteiger partial charge in [-0.25, -0.2) is 9.48 Å². The van der Waals surface area contributed by atoms with E-state index in [4.69, 9.17) is 4.74 Å². The molecule has 0 spiro atoms. The summed E-state index contributed by atoms with van der Waals surface area (Å²) in [6.07, 6.45) is 0. The molecule has 6 nitrogen and oxygen atoms in total. The van der Waals surface area contributed by atoms with E-state index >= 15 is 0 Å². The summed E-state index contributed by atoms with van der Waals surface area (Å²) in [6, 6.07) is 7.69. The highest BCUT2D eigenvalue weighted by atomic mass is 16.5. The molecular formula is C14H17N3O3. The van der Waals surface area contributed by atoms with Crippen LogP contribution in [0.15, 0.2) is 29.1 Å². The predicted octanol–water partition coefficient (Wildman–Crippen LogP) is 1.12. The second-order valence-corrected chi connectivity index (χ2v) is 4.49. The normalized spacial score (nSPS) is 10.6. The van der Waals surface area contributed by atoms with E-state index in [-0.39, 0.29) is 18.8 Å². The van der Waals surface area contributed by atoms with E-state index in [2.05, 4.69) is 5.10 Å². The molecule has 2 aromatic rings. The van der Waals surface area contributed by atoms with Crippen LogP contribution in [0.3, 0.4) is 0 Å². The Morgan fingerprint density at radius 3 is 2.55 bits per heavy atom. The number of carbonyl (C=O) groups is 1. The van der Waals surface area contributed by atoms with Gasteiger partial charge in [0.25, 0.3) is 0 Å². The summed E-state index contributed by atoms with van der Waals surface area (Å²) in [5, 5.41) is 4.20. The van der Waals surface area contributed by atoms with E-state index in [0.717, 1.165) is 15.8 Å². The molecule has 6 heteroatoms. The van der Waals surface area contributed by atoms with Crippen molar-refractivity contribution in [3.05, 3.63) is 40.3 Å². The first-order chi connectivity index (χ1) is 9.52. The molecular weight excluding hydrogens is 258 g/mol. The first-order valence-corrected chi connectivity index (χ1v) is 6.39. The van der Waals surface area contributed by atoms with Crippen molar-refractivity contribution < 1.29 is 9.53 Å². The van der Waals surface area contributed by atoms with Gasteiger partial charge >= 0.3 is 11.7 Å². The average Bonchev–Trinajstić information content (AvgIpc) is 2.68. The Hall–Kier alpha value is -2.37. The van der Waals surface area contributed by atoms with E-state index in [0.29, 0.717) is 5.82 Å². The van der Waals surface area contributed by atoms with Crippen molar-refractivity contribution >= 4 is 5.97 Å². The van der Waals surface area contributed by atoms with Crippen molar-refractivity contribution in [2.24, 2.45) is 7.05 Å². The van der Waals surface area contributed by atoms with Gasteiger partial charge < -0.3 is 4.74 Å². The van der Waals surface area contributed by atoms with Gasteiger partial charge in [0, 0.05) is 12.6 Å². The maximum Gasteiger partial charge on any atom is 0.346 e. The summed E-state index contributed by atoms with van der Waals surface area (Å²) >= 11 is 0. The minimum atomic E-state index is -0.469. The standard InChI is InChI=1S/C14H17N3O3/c1-4-20-12(18)9-17-14(19)16(3)13(15-17)11-7-5-10(2)6-8-11/h5-8H,4,9H2,1-3H3. The Bertz CT molecular complexity index is 668. The molecule has 0 saturated carbocycles. The van der Waals surface area contributed by atoms with Gasteiger partial charge in [-0.05, 0) is 13.8 Å². The Morgan fingerprint density at radius 1 is 1.30 bits per heavy atom. The first-order valence-electron chi connectivity index (χ1n) is 6.39. The number of aryl methyl sites for hydroxylation is 1. The lowest BCUT2D eigenvalue weighted by atomic mass is 10.1. The summed E-state index contributed by atoms with van der Waals surface area (Å²) in [5.41, 5.74) is 1.62. The lowest BCUT2D eigenvalue weighted by molar-refractivity contribution is -0.144. The van der Waals surface area contributed by atoms with E-state index in [1.807, 2.05) is 31.2 Å². The molecule has 0 radical (unpaired) electrons. The fourth-order valence-corrected chi connectivity index (χ4v) is 1.87. The number of esters is 1. The maximum atomic E-state index is 12.0. The molecule has 0 amide bonds. The highest BCUT2D eigenvalue weighted by Crippen LogP contribution is 2.15. The fourth-order valence-electron chi connectivity index (χ4n) is 1.87. The molecule has 0 unspecified atom stereocenters. The molecule has 0 aliphatic heterocycles. The van der Waals surface area contributed by atoms with Gasteiger partial charge in [-0.2, -0.15) is 0 Å². The minimum Gasteiger partial charge on any atom is -0.465 e. The van der Waals surface area contributed by atoms with Crippen LogP contribution in [0.4, 0.5) is 0 Å². The van der Waals surface area contributed by atoms with E-state index in [9.17, 15) is 9.59 Å². The summed E-state index contributed by atoms with van der Waals surface area (Å²) in [5.74, 6) is 0.0578. The third-order valence-electron chi connectivity index (χ3n) is 2.93. The van der Waals surface area contributed by atoms with Crippen LogP contribution in [-0.2, 0) is 23.1 Å². The van der Waals surface area contributed by atoms with Crippen LogP contribution in [0.2, 0.25) is 0 Å². The average molecular weight is 275 g/mol. The van der Waals surface area contributed by atoms with Crippen LogP contribution < -0.4 is 5.69 Å². The number of rotatable bonds is 4. The largest absolute Gasteiger partial charge is 0.465 e. The lowest BCUT2D eigenvalue weighted by Crippen LogP contribution is -2.27. The Morgan fingerprint density at radius 2 is 1.95 bits per heavy atom. The summed E-state index contributed by atoms with van der Waals surface area (Å²) in [6.45, 7) is 3.82. The van der Waals surface area contributed by atoms with Crippen LogP contribution >= 0.6 is 0 Å². The van der Waals surface area contributed by atoms with Crippen LogP contribution in [0.5, 0.6) is 0 Å². The van der Waals surface area contributed by atoms with E-state index < -0.39 is 5.97 Å². The molecule has 1 aromatic heterocycles. The second-order valence-electron chi connectivity index (χ2n) is 4.49. The summed E-state index contributed by atoms with van der Waals surface area (Å²) in [7, 11) is 1.63. The zero-order valence-electron chi connectivity index (χ0n) is 11.8. The van der Waals surface area contributed by atoms with E-state index in [1.165, 1.54) is 4.57 Å². The van der Waals surface area contributed by atoms with Gasteiger partial charge in [0.1, 0.15) is 6.54 Å². The summed E-state index contributed by atoms with van der Waals surface area (Å²) in [4.78, 5) is 23.5. The fraction of sp³-hybridized carbons (Fsp3) is 0.357. The number of nitrogens with zero attached hydrogens (tertiary/aromatic N) is 3. The molecule has 106 valence electrons. The number of carbonyl (C=O) groups excluding carboxylic acids is 1. The van der Waals surface area contributed by atoms with Gasteiger partial charge in [0.05, 0.1) is 6.61 Å². The number of hydrogen-bond acceptors (Lipinski definition) is 4. The van der Waals surface area contributed by atoms with Crippen molar-refractivity contribution in [1.29, 1.82) is 0 Å². The molecule has 20 heavy (non-hydrogen) atoms. The third kappa shape index (κ3) is 2.79. The molecule has 2 rings (SSSR count). The zero-order valence-corrected chi connectivity index (χ0v) is 11.8. The van der Waals surface area contributed by atoms with Crippen molar-refractivity contribution in [3.63, 3.8) is 0 Å². The van der Waals surface area contributed by atoms with Crippen LogP contribution in [0, 0.1) is 6.92 Å². The minimum absolute atomic E-state index is 0.174. The van der Waals surface area contributed by atoms with Gasteiger partial charge in [0.2, 0.25) is 0 Å². The molecule has 1 heterocycles. The molecule has 0 N–H and O–H groups in total. The molecule has 0 bridgehead atoms. The summed E-state index contributed by atoms with van der Waals surface area (Å²) < 4.78 is 7.36. The Kier molecular flexibility index (Phi) is 4.02. The number of hydrogen-bond donors (Lipinski definition) is 0.